The lowest BCUT2D eigenvalue weighted by Gasteiger charge is -2.13. The smallest absolute Gasteiger partial charge is 0.145 e. The molecule has 2 N–H and O–H groups in total. The van der Waals surface area contributed by atoms with Crippen molar-refractivity contribution in [2.24, 2.45) is 5.73 Å². The van der Waals surface area contributed by atoms with Crippen LogP contribution in [0.5, 0.6) is 11.5 Å². The molecule has 0 unspecified atom stereocenters. The summed E-state index contributed by atoms with van der Waals surface area (Å²) in [6.45, 7) is 8.56. The number of benzene rings is 1. The van der Waals surface area contributed by atoms with Gasteiger partial charge in [0.15, 0.2) is 0 Å². The third-order valence-electron chi connectivity index (χ3n) is 3.68. The van der Waals surface area contributed by atoms with Crippen molar-refractivity contribution in [3.63, 3.8) is 0 Å². The van der Waals surface area contributed by atoms with Crippen molar-refractivity contribution in [2.45, 2.75) is 46.1 Å². The molecule has 0 bridgehead atoms. The van der Waals surface area contributed by atoms with Crippen LogP contribution in [0.3, 0.4) is 0 Å². The van der Waals surface area contributed by atoms with E-state index >= 15 is 0 Å². The lowest BCUT2D eigenvalue weighted by molar-refractivity contribution is 0.478. The minimum absolute atomic E-state index is 0.00776. The van der Waals surface area contributed by atoms with Crippen molar-refractivity contribution in [2.75, 3.05) is 0 Å². The number of nitrogens with zero attached hydrogens (tertiary/aromatic N) is 1. The molecule has 2 aromatic rings. The zero-order chi connectivity index (χ0) is 15.4. The zero-order valence-electron chi connectivity index (χ0n) is 13.3. The number of pyridine rings is 1. The first-order valence-corrected chi connectivity index (χ1v) is 7.51. The van der Waals surface area contributed by atoms with E-state index in [0.717, 1.165) is 23.6 Å². The third-order valence-corrected chi connectivity index (χ3v) is 3.68. The summed E-state index contributed by atoms with van der Waals surface area (Å²) in [4.78, 5) is 4.36. The van der Waals surface area contributed by atoms with Gasteiger partial charge in [-0.2, -0.15) is 0 Å². The van der Waals surface area contributed by atoms with E-state index in [9.17, 15) is 0 Å². The van der Waals surface area contributed by atoms with Crippen LogP contribution in [0.15, 0.2) is 36.5 Å². The van der Waals surface area contributed by atoms with Gasteiger partial charge in [0, 0.05) is 6.04 Å². The summed E-state index contributed by atoms with van der Waals surface area (Å²) in [6, 6.07) is 10.0. The van der Waals surface area contributed by atoms with E-state index < -0.39 is 0 Å². The van der Waals surface area contributed by atoms with Crippen LogP contribution in [0.2, 0.25) is 0 Å². The molecule has 0 saturated heterocycles. The van der Waals surface area contributed by atoms with Crippen molar-refractivity contribution in [3.8, 4) is 11.5 Å². The Bertz CT molecular complexity index is 591. The second-order valence-electron chi connectivity index (χ2n) is 5.71. The van der Waals surface area contributed by atoms with Gasteiger partial charge in [0.25, 0.3) is 0 Å². The van der Waals surface area contributed by atoms with Crippen molar-refractivity contribution in [1.82, 2.24) is 4.98 Å². The molecule has 1 aromatic carbocycles. The van der Waals surface area contributed by atoms with Gasteiger partial charge in [0.05, 0.1) is 11.9 Å². The molecule has 0 aliphatic rings. The topological polar surface area (TPSA) is 48.1 Å². The van der Waals surface area contributed by atoms with Crippen LogP contribution in [0.25, 0.3) is 0 Å². The Hall–Kier alpha value is -1.87. The lowest BCUT2D eigenvalue weighted by Crippen LogP contribution is -2.10. The minimum atomic E-state index is -0.00776. The van der Waals surface area contributed by atoms with Crippen LogP contribution in [-0.2, 0) is 0 Å². The molecule has 0 spiro atoms. The van der Waals surface area contributed by atoms with E-state index in [1.807, 2.05) is 18.2 Å². The van der Waals surface area contributed by atoms with Crippen LogP contribution in [0.4, 0.5) is 0 Å². The van der Waals surface area contributed by atoms with Gasteiger partial charge in [0.2, 0.25) is 0 Å². The summed E-state index contributed by atoms with van der Waals surface area (Å²) < 4.78 is 5.86. The van der Waals surface area contributed by atoms with E-state index in [2.05, 4.69) is 44.8 Å². The van der Waals surface area contributed by atoms with E-state index in [1.165, 1.54) is 11.1 Å². The third kappa shape index (κ3) is 3.82. The number of ether oxygens (including phenoxy) is 1. The maximum absolute atomic E-state index is 5.96. The first kappa shape index (κ1) is 15.5. The molecule has 21 heavy (non-hydrogen) atoms. The number of hydrogen-bond acceptors (Lipinski definition) is 3. The zero-order valence-corrected chi connectivity index (χ0v) is 13.3. The first-order valence-electron chi connectivity index (χ1n) is 7.51. The Balaban J connectivity index is 2.13. The highest BCUT2D eigenvalue weighted by Crippen LogP contribution is 2.27. The van der Waals surface area contributed by atoms with Gasteiger partial charge in [-0.05, 0) is 54.7 Å². The van der Waals surface area contributed by atoms with E-state index in [1.54, 1.807) is 6.20 Å². The molecular formula is C18H24N2O. The molecule has 0 aliphatic heterocycles. The molecule has 3 heteroatoms. The second-order valence-corrected chi connectivity index (χ2v) is 5.71. The van der Waals surface area contributed by atoms with Gasteiger partial charge < -0.3 is 10.5 Å². The summed E-state index contributed by atoms with van der Waals surface area (Å²) in [5.74, 6) is 2.10. The fourth-order valence-corrected chi connectivity index (χ4v) is 2.38. The molecule has 112 valence electrons. The largest absolute Gasteiger partial charge is 0.456 e. The van der Waals surface area contributed by atoms with Crippen LogP contribution >= 0.6 is 0 Å². The number of rotatable bonds is 5. The Morgan fingerprint density at radius 3 is 2.38 bits per heavy atom. The maximum Gasteiger partial charge on any atom is 0.145 e. The summed E-state index contributed by atoms with van der Waals surface area (Å²) in [7, 11) is 0. The second kappa shape index (κ2) is 6.72. The Morgan fingerprint density at radius 1 is 1.14 bits per heavy atom. The summed E-state index contributed by atoms with van der Waals surface area (Å²) in [6.07, 6.45) is 2.61. The SMILES string of the molecule is CC[C@H](N)c1ccc(Oc2ccc(C(C)C)c(C)c2)cn1. The highest BCUT2D eigenvalue weighted by molar-refractivity contribution is 5.38. The minimum Gasteiger partial charge on any atom is -0.456 e. The highest BCUT2D eigenvalue weighted by atomic mass is 16.5. The average Bonchev–Trinajstić information content (AvgIpc) is 2.47. The first-order chi connectivity index (χ1) is 10.0. The normalized spacial score (nSPS) is 12.5. The molecule has 0 saturated carbocycles. The van der Waals surface area contributed by atoms with Crippen LogP contribution in [0, 0.1) is 6.92 Å². The Kier molecular flexibility index (Phi) is 4.97. The Morgan fingerprint density at radius 2 is 1.86 bits per heavy atom. The molecule has 0 radical (unpaired) electrons. The summed E-state index contributed by atoms with van der Waals surface area (Å²) >= 11 is 0. The Labute approximate surface area is 127 Å². The molecule has 1 aromatic heterocycles. The fraction of sp³-hybridized carbons (Fsp3) is 0.389. The van der Waals surface area contributed by atoms with Crippen molar-refractivity contribution in [3.05, 3.63) is 53.3 Å². The van der Waals surface area contributed by atoms with Gasteiger partial charge >= 0.3 is 0 Å². The van der Waals surface area contributed by atoms with Crippen LogP contribution < -0.4 is 10.5 Å². The van der Waals surface area contributed by atoms with Gasteiger partial charge in [0.1, 0.15) is 11.5 Å². The monoisotopic (exact) mass is 284 g/mol. The standard InChI is InChI=1S/C18H24N2O/c1-5-17(19)18-9-7-15(11-20-18)21-14-6-8-16(12(2)3)13(4)10-14/h6-12,17H,5,19H2,1-4H3/t17-/m0/s1. The highest BCUT2D eigenvalue weighted by Gasteiger charge is 2.07. The fourth-order valence-electron chi connectivity index (χ4n) is 2.38. The predicted molar refractivity (Wildman–Crippen MR) is 86.8 cm³/mol. The molecule has 1 atom stereocenters. The summed E-state index contributed by atoms with van der Waals surface area (Å²) in [5.41, 5.74) is 9.46. The number of aromatic nitrogens is 1. The van der Waals surface area contributed by atoms with Gasteiger partial charge in [-0.1, -0.05) is 26.8 Å². The van der Waals surface area contributed by atoms with E-state index in [-0.39, 0.29) is 6.04 Å². The van der Waals surface area contributed by atoms with Crippen molar-refractivity contribution in [1.29, 1.82) is 0 Å². The van der Waals surface area contributed by atoms with Gasteiger partial charge in [-0.15, -0.1) is 0 Å². The number of hydrogen-bond donors (Lipinski definition) is 1. The number of nitrogens with two attached hydrogens (primary N) is 1. The van der Waals surface area contributed by atoms with Crippen LogP contribution in [0.1, 0.15) is 56.0 Å². The molecule has 1 heterocycles. The molecule has 2 rings (SSSR count). The molecule has 0 aliphatic carbocycles. The molecule has 0 amide bonds. The predicted octanol–water partition coefficient (Wildman–Crippen LogP) is 4.72. The maximum atomic E-state index is 5.96. The van der Waals surface area contributed by atoms with E-state index in [4.69, 9.17) is 10.5 Å². The number of aryl methyl sites for hydroxylation is 1. The quantitative estimate of drug-likeness (QED) is 0.864. The lowest BCUT2D eigenvalue weighted by atomic mass is 9.98. The average molecular weight is 284 g/mol. The molecular weight excluding hydrogens is 260 g/mol. The molecule has 0 fully saturated rings. The van der Waals surface area contributed by atoms with Gasteiger partial charge in [-0.3, -0.25) is 4.98 Å². The van der Waals surface area contributed by atoms with Crippen molar-refractivity contribution >= 4 is 0 Å². The van der Waals surface area contributed by atoms with E-state index in [0.29, 0.717) is 5.92 Å². The van der Waals surface area contributed by atoms with Gasteiger partial charge in [-0.25, -0.2) is 0 Å². The van der Waals surface area contributed by atoms with Crippen LogP contribution in [-0.4, -0.2) is 4.98 Å². The van der Waals surface area contributed by atoms with Crippen molar-refractivity contribution < 1.29 is 4.74 Å². The molecule has 3 nitrogen and oxygen atoms in total. The summed E-state index contributed by atoms with van der Waals surface area (Å²) in [5, 5.41) is 0.